The molecule has 0 bridgehead atoms. The van der Waals surface area contributed by atoms with Gasteiger partial charge in [-0.1, -0.05) is 84.0 Å². The van der Waals surface area contributed by atoms with Gasteiger partial charge in [-0.05, 0) is 33.6 Å². The maximum absolute atomic E-state index is 11.5. The fraction of sp³-hybridized carbons (Fsp3) is 0.917. The van der Waals surface area contributed by atoms with Crippen LogP contribution in [-0.2, 0) is 14.2 Å². The first-order valence-corrected chi connectivity index (χ1v) is 12.0. The smallest absolute Gasteiger partial charge is 0.450 e. The van der Waals surface area contributed by atoms with Gasteiger partial charge < -0.3 is 19.3 Å². The zero-order valence-electron chi connectivity index (χ0n) is 19.9. The molecule has 1 unspecified atom stereocenters. The molecule has 6 heteroatoms. The summed E-state index contributed by atoms with van der Waals surface area (Å²) < 4.78 is 15.0. The molecule has 0 aliphatic rings. The van der Waals surface area contributed by atoms with Gasteiger partial charge in [0.1, 0.15) is 11.7 Å². The second-order valence-corrected chi connectivity index (χ2v) is 9.14. The van der Waals surface area contributed by atoms with Crippen molar-refractivity contribution in [1.82, 2.24) is 0 Å². The third-order valence-corrected chi connectivity index (χ3v) is 4.95. The van der Waals surface area contributed by atoms with E-state index in [1.54, 1.807) is 20.8 Å². The Morgan fingerprint density at radius 2 is 1.23 bits per heavy atom. The summed E-state index contributed by atoms with van der Waals surface area (Å²) in [5.74, 6) is 0. The summed E-state index contributed by atoms with van der Waals surface area (Å²) in [5.41, 5.74) is -0.608. The molecule has 0 rings (SSSR count). The summed E-state index contributed by atoms with van der Waals surface area (Å²) in [6, 6.07) is 0. The molecule has 1 N–H and O–H groups in total. The van der Waals surface area contributed by atoms with Gasteiger partial charge in [0.05, 0.1) is 6.61 Å². The number of rotatable bonds is 18. The Morgan fingerprint density at radius 1 is 0.767 bits per heavy atom. The Kier molecular flexibility index (Phi) is 17.4. The SMILES string of the molecule is CCCCCCCCCCCCCCCC(CCOC(=O)OC(C)(C)C)OC(=O)O. The summed E-state index contributed by atoms with van der Waals surface area (Å²) in [6.07, 6.45) is 15.1. The van der Waals surface area contributed by atoms with Gasteiger partial charge in [-0.2, -0.15) is 0 Å². The Labute approximate surface area is 184 Å². The van der Waals surface area contributed by atoms with Crippen molar-refractivity contribution in [3.8, 4) is 0 Å². The topological polar surface area (TPSA) is 82.1 Å². The quantitative estimate of drug-likeness (QED) is 0.176. The number of hydrogen-bond donors (Lipinski definition) is 1. The minimum Gasteiger partial charge on any atom is -0.450 e. The van der Waals surface area contributed by atoms with Crippen molar-refractivity contribution in [3.63, 3.8) is 0 Å². The lowest BCUT2D eigenvalue weighted by molar-refractivity contribution is -0.0156. The van der Waals surface area contributed by atoms with Crippen LogP contribution in [0.5, 0.6) is 0 Å². The molecule has 0 saturated heterocycles. The minimum atomic E-state index is -1.29. The maximum Gasteiger partial charge on any atom is 0.508 e. The van der Waals surface area contributed by atoms with E-state index in [0.717, 1.165) is 12.8 Å². The van der Waals surface area contributed by atoms with Crippen LogP contribution in [0.4, 0.5) is 9.59 Å². The number of unbranched alkanes of at least 4 members (excludes halogenated alkanes) is 12. The highest BCUT2D eigenvalue weighted by Gasteiger charge is 2.19. The van der Waals surface area contributed by atoms with E-state index in [9.17, 15) is 9.59 Å². The van der Waals surface area contributed by atoms with Gasteiger partial charge in [-0.3, -0.25) is 0 Å². The van der Waals surface area contributed by atoms with E-state index in [0.29, 0.717) is 12.8 Å². The molecule has 0 aromatic heterocycles. The molecule has 0 aromatic rings. The molecule has 0 aliphatic carbocycles. The van der Waals surface area contributed by atoms with Crippen LogP contribution >= 0.6 is 0 Å². The molecular formula is C24H46O6. The van der Waals surface area contributed by atoms with Crippen LogP contribution in [0, 0.1) is 0 Å². The number of carboxylic acid groups (broad SMARTS) is 1. The Balaban J connectivity index is 3.71. The predicted octanol–water partition coefficient (Wildman–Crippen LogP) is 7.87. The van der Waals surface area contributed by atoms with Crippen molar-refractivity contribution < 1.29 is 28.9 Å². The number of carbonyl (C=O) groups is 2. The van der Waals surface area contributed by atoms with Gasteiger partial charge >= 0.3 is 12.3 Å². The zero-order valence-corrected chi connectivity index (χ0v) is 19.9. The summed E-state index contributed by atoms with van der Waals surface area (Å²) in [7, 11) is 0. The fourth-order valence-corrected chi connectivity index (χ4v) is 3.35. The Hall–Kier alpha value is -1.46. The summed E-state index contributed by atoms with van der Waals surface area (Å²) in [5, 5.41) is 8.89. The standard InChI is InChI=1S/C24H46O6/c1-5-6-7-8-9-10-11-12-13-14-15-16-17-18-21(29-22(25)26)19-20-28-23(27)30-24(2,3)4/h21H,5-20H2,1-4H3,(H,25,26). The highest BCUT2D eigenvalue weighted by atomic mass is 16.7. The molecular weight excluding hydrogens is 384 g/mol. The van der Waals surface area contributed by atoms with Crippen LogP contribution in [-0.4, -0.2) is 35.7 Å². The number of hydrogen-bond acceptors (Lipinski definition) is 5. The van der Waals surface area contributed by atoms with Crippen LogP contribution in [0.25, 0.3) is 0 Å². The average Bonchev–Trinajstić information content (AvgIpc) is 2.63. The van der Waals surface area contributed by atoms with Crippen LogP contribution in [0.1, 0.15) is 124 Å². The molecule has 178 valence electrons. The second-order valence-electron chi connectivity index (χ2n) is 9.14. The highest BCUT2D eigenvalue weighted by Crippen LogP contribution is 2.16. The Morgan fingerprint density at radius 3 is 1.67 bits per heavy atom. The molecule has 0 spiro atoms. The zero-order chi connectivity index (χ0) is 22.7. The van der Waals surface area contributed by atoms with Gasteiger partial charge in [-0.25, -0.2) is 9.59 Å². The van der Waals surface area contributed by atoms with E-state index >= 15 is 0 Å². The highest BCUT2D eigenvalue weighted by molar-refractivity contribution is 5.60. The maximum atomic E-state index is 11.5. The lowest BCUT2D eigenvalue weighted by atomic mass is 10.0. The molecule has 0 radical (unpaired) electrons. The monoisotopic (exact) mass is 430 g/mol. The van der Waals surface area contributed by atoms with Gasteiger partial charge in [0, 0.05) is 6.42 Å². The van der Waals surface area contributed by atoms with E-state index in [-0.39, 0.29) is 6.61 Å². The van der Waals surface area contributed by atoms with E-state index in [4.69, 9.17) is 19.3 Å². The molecule has 0 heterocycles. The van der Waals surface area contributed by atoms with Crippen molar-refractivity contribution in [2.75, 3.05) is 6.61 Å². The third kappa shape index (κ3) is 21.3. The molecule has 6 nitrogen and oxygen atoms in total. The predicted molar refractivity (Wildman–Crippen MR) is 120 cm³/mol. The normalized spacial score (nSPS) is 12.4. The van der Waals surface area contributed by atoms with Gasteiger partial charge in [-0.15, -0.1) is 0 Å². The Bertz CT molecular complexity index is 430. The number of ether oxygens (including phenoxy) is 3. The lowest BCUT2D eigenvalue weighted by Gasteiger charge is -2.20. The third-order valence-electron chi connectivity index (χ3n) is 4.95. The van der Waals surface area contributed by atoms with Crippen molar-refractivity contribution in [2.24, 2.45) is 0 Å². The van der Waals surface area contributed by atoms with Crippen molar-refractivity contribution in [2.45, 2.75) is 136 Å². The summed E-state index contributed by atoms with van der Waals surface area (Å²) in [4.78, 5) is 22.4. The van der Waals surface area contributed by atoms with Gasteiger partial charge in [0.15, 0.2) is 0 Å². The molecule has 0 saturated carbocycles. The first-order chi connectivity index (χ1) is 14.2. The summed E-state index contributed by atoms with van der Waals surface area (Å²) in [6.45, 7) is 7.63. The lowest BCUT2D eigenvalue weighted by Crippen LogP contribution is -2.26. The summed E-state index contributed by atoms with van der Waals surface area (Å²) >= 11 is 0. The van der Waals surface area contributed by atoms with Crippen molar-refractivity contribution >= 4 is 12.3 Å². The first-order valence-electron chi connectivity index (χ1n) is 12.0. The fourth-order valence-electron chi connectivity index (χ4n) is 3.35. The van der Waals surface area contributed by atoms with Gasteiger partial charge in [0.25, 0.3) is 0 Å². The first kappa shape index (κ1) is 28.5. The van der Waals surface area contributed by atoms with E-state index < -0.39 is 24.0 Å². The largest absolute Gasteiger partial charge is 0.508 e. The van der Waals surface area contributed by atoms with Crippen LogP contribution in [0.15, 0.2) is 0 Å². The molecule has 0 fully saturated rings. The number of carbonyl (C=O) groups excluding carboxylic acids is 1. The van der Waals surface area contributed by atoms with Crippen LogP contribution in [0.3, 0.4) is 0 Å². The van der Waals surface area contributed by atoms with Crippen LogP contribution < -0.4 is 0 Å². The molecule has 0 amide bonds. The van der Waals surface area contributed by atoms with Gasteiger partial charge in [0.2, 0.25) is 0 Å². The van der Waals surface area contributed by atoms with Crippen LogP contribution in [0.2, 0.25) is 0 Å². The van der Waals surface area contributed by atoms with Crippen molar-refractivity contribution in [1.29, 1.82) is 0 Å². The molecule has 1 atom stereocenters. The second kappa shape index (κ2) is 18.3. The minimum absolute atomic E-state index is 0.0886. The van der Waals surface area contributed by atoms with E-state index in [2.05, 4.69) is 6.92 Å². The van der Waals surface area contributed by atoms with E-state index in [1.807, 2.05) is 0 Å². The average molecular weight is 431 g/mol. The van der Waals surface area contributed by atoms with E-state index in [1.165, 1.54) is 70.6 Å². The van der Waals surface area contributed by atoms with Crippen molar-refractivity contribution in [3.05, 3.63) is 0 Å². The molecule has 30 heavy (non-hydrogen) atoms. The molecule has 0 aliphatic heterocycles. The molecule has 0 aromatic carbocycles.